The minimum atomic E-state index is -0.688. The lowest BCUT2D eigenvalue weighted by molar-refractivity contribution is 0.112. The summed E-state index contributed by atoms with van der Waals surface area (Å²) in [6.07, 6.45) is 1.94. The van der Waals surface area contributed by atoms with E-state index in [4.69, 9.17) is 11.6 Å². The van der Waals surface area contributed by atoms with Crippen molar-refractivity contribution in [3.63, 3.8) is 0 Å². The van der Waals surface area contributed by atoms with Gasteiger partial charge in [0.15, 0.2) is 11.7 Å². The largest absolute Gasteiger partial charge is 0.342 e. The molecule has 1 aromatic heterocycles. The zero-order valence-corrected chi connectivity index (χ0v) is 14.1. The number of aromatic nitrogens is 1. The summed E-state index contributed by atoms with van der Waals surface area (Å²) in [4.78, 5) is 23.4. The molecule has 0 aliphatic carbocycles. The number of carbonyl (C=O) groups is 1. The molecule has 0 atom stereocenters. The molecule has 3 nitrogen and oxygen atoms in total. The molecular weight excluding hydrogens is 385 g/mol. The van der Waals surface area contributed by atoms with Crippen LogP contribution in [0.1, 0.15) is 15.9 Å². The van der Waals surface area contributed by atoms with Crippen LogP contribution in [-0.2, 0) is 6.54 Å². The van der Waals surface area contributed by atoms with Crippen molar-refractivity contribution in [2.45, 2.75) is 6.54 Å². The Morgan fingerprint density at radius 2 is 2.00 bits per heavy atom. The van der Waals surface area contributed by atoms with Crippen LogP contribution in [0.3, 0.4) is 0 Å². The topological polar surface area (TPSA) is 39.1 Å². The summed E-state index contributed by atoms with van der Waals surface area (Å²) in [6.45, 7) is 0.404. The van der Waals surface area contributed by atoms with Crippen molar-refractivity contribution in [3.05, 3.63) is 79.3 Å². The second-order valence-electron chi connectivity index (χ2n) is 5.03. The average Bonchev–Trinajstić information content (AvgIpc) is 2.54. The molecule has 3 rings (SSSR count). The van der Waals surface area contributed by atoms with Crippen molar-refractivity contribution in [3.8, 4) is 0 Å². The van der Waals surface area contributed by atoms with E-state index in [0.29, 0.717) is 18.3 Å². The van der Waals surface area contributed by atoms with Crippen molar-refractivity contribution < 1.29 is 9.18 Å². The van der Waals surface area contributed by atoms with Gasteiger partial charge in [0.25, 0.3) is 0 Å². The summed E-state index contributed by atoms with van der Waals surface area (Å²) in [7, 11) is 0. The first kappa shape index (κ1) is 15.9. The molecule has 0 saturated carbocycles. The molecule has 0 N–H and O–H groups in total. The minimum Gasteiger partial charge on any atom is -0.342 e. The molecular formula is C17H10BrClFNO2. The van der Waals surface area contributed by atoms with Gasteiger partial charge in [-0.15, -0.1) is 0 Å². The molecule has 1 heterocycles. The molecule has 0 fully saturated rings. The number of hydrogen-bond acceptors (Lipinski definition) is 2. The van der Waals surface area contributed by atoms with Crippen LogP contribution in [0.25, 0.3) is 10.9 Å². The maximum Gasteiger partial charge on any atom is 0.199 e. The zero-order chi connectivity index (χ0) is 16.6. The first-order chi connectivity index (χ1) is 11.0. The van der Waals surface area contributed by atoms with Crippen molar-refractivity contribution in [1.29, 1.82) is 0 Å². The van der Waals surface area contributed by atoms with E-state index in [1.807, 2.05) is 24.3 Å². The van der Waals surface area contributed by atoms with E-state index in [1.165, 1.54) is 12.3 Å². The van der Waals surface area contributed by atoms with Gasteiger partial charge >= 0.3 is 0 Å². The van der Waals surface area contributed by atoms with E-state index in [9.17, 15) is 14.0 Å². The lowest BCUT2D eigenvalue weighted by Gasteiger charge is -2.13. The first-order valence-electron chi connectivity index (χ1n) is 6.72. The number of rotatable bonds is 3. The van der Waals surface area contributed by atoms with E-state index < -0.39 is 11.2 Å². The molecule has 0 aliphatic heterocycles. The van der Waals surface area contributed by atoms with E-state index in [2.05, 4.69) is 15.9 Å². The van der Waals surface area contributed by atoms with Crippen LogP contribution < -0.4 is 5.43 Å². The highest BCUT2D eigenvalue weighted by Gasteiger charge is 2.13. The van der Waals surface area contributed by atoms with Crippen LogP contribution >= 0.6 is 27.5 Å². The van der Waals surface area contributed by atoms with Crippen molar-refractivity contribution in [2.24, 2.45) is 0 Å². The average molecular weight is 395 g/mol. The number of pyridine rings is 1. The van der Waals surface area contributed by atoms with Gasteiger partial charge < -0.3 is 4.57 Å². The number of aldehydes is 1. The van der Waals surface area contributed by atoms with Crippen LogP contribution in [0.15, 0.2) is 51.9 Å². The summed E-state index contributed by atoms with van der Waals surface area (Å²) >= 11 is 9.31. The molecule has 0 radical (unpaired) electrons. The number of carbonyl (C=O) groups excluding carboxylic acids is 1. The van der Waals surface area contributed by atoms with Gasteiger partial charge in [0.2, 0.25) is 0 Å². The van der Waals surface area contributed by atoms with Gasteiger partial charge in [-0.1, -0.05) is 45.7 Å². The molecule has 0 unspecified atom stereocenters. The number of fused-ring (bicyclic) bond motifs is 1. The van der Waals surface area contributed by atoms with Crippen molar-refractivity contribution in [1.82, 2.24) is 4.57 Å². The van der Waals surface area contributed by atoms with Gasteiger partial charge in [0.1, 0.15) is 5.82 Å². The van der Waals surface area contributed by atoms with E-state index in [-0.39, 0.29) is 16.0 Å². The molecule has 0 spiro atoms. The maximum atomic E-state index is 13.7. The molecule has 6 heteroatoms. The Labute approximate surface area is 144 Å². The van der Waals surface area contributed by atoms with Gasteiger partial charge in [-0.25, -0.2) is 4.39 Å². The zero-order valence-electron chi connectivity index (χ0n) is 11.7. The quantitative estimate of drug-likeness (QED) is 0.617. The first-order valence-corrected chi connectivity index (χ1v) is 7.89. The van der Waals surface area contributed by atoms with Crippen LogP contribution in [-0.4, -0.2) is 10.9 Å². The Balaban J connectivity index is 2.29. The summed E-state index contributed by atoms with van der Waals surface area (Å²) in [5.41, 5.74) is 0.901. The third-order valence-corrected chi connectivity index (χ3v) is 4.64. The van der Waals surface area contributed by atoms with E-state index in [0.717, 1.165) is 16.1 Å². The number of halogens is 3. The third kappa shape index (κ3) is 2.94. The van der Waals surface area contributed by atoms with Gasteiger partial charge in [-0.05, 0) is 23.8 Å². The molecule has 3 aromatic rings. The lowest BCUT2D eigenvalue weighted by Crippen LogP contribution is -2.15. The molecule has 116 valence electrons. The van der Waals surface area contributed by atoms with Gasteiger partial charge in [0.05, 0.1) is 16.1 Å². The predicted molar refractivity (Wildman–Crippen MR) is 91.8 cm³/mol. The van der Waals surface area contributed by atoms with Crippen molar-refractivity contribution in [2.75, 3.05) is 0 Å². The summed E-state index contributed by atoms with van der Waals surface area (Å²) in [5.74, 6) is -0.688. The number of nitrogens with zero attached hydrogens (tertiary/aromatic N) is 1. The van der Waals surface area contributed by atoms with Crippen LogP contribution in [0, 0.1) is 5.82 Å². The van der Waals surface area contributed by atoms with Crippen LogP contribution in [0.4, 0.5) is 4.39 Å². The smallest absolute Gasteiger partial charge is 0.199 e. The fraction of sp³-hybridized carbons (Fsp3) is 0.0588. The Hall–Kier alpha value is -1.98. The Morgan fingerprint density at radius 1 is 1.26 bits per heavy atom. The second kappa shape index (κ2) is 6.26. The second-order valence-corrected chi connectivity index (χ2v) is 6.30. The summed E-state index contributed by atoms with van der Waals surface area (Å²) in [6, 6.07) is 10.1. The highest BCUT2D eigenvalue weighted by atomic mass is 79.9. The molecule has 0 amide bonds. The molecule has 2 aromatic carbocycles. The Morgan fingerprint density at radius 3 is 2.70 bits per heavy atom. The molecule has 0 saturated heterocycles. The summed E-state index contributed by atoms with van der Waals surface area (Å²) < 4.78 is 16.3. The molecule has 23 heavy (non-hydrogen) atoms. The summed E-state index contributed by atoms with van der Waals surface area (Å²) in [5, 5.41) is 0.0557. The van der Waals surface area contributed by atoms with Gasteiger partial charge in [-0.2, -0.15) is 0 Å². The third-order valence-electron chi connectivity index (χ3n) is 3.58. The monoisotopic (exact) mass is 393 g/mol. The highest BCUT2D eigenvalue weighted by Crippen LogP contribution is 2.24. The van der Waals surface area contributed by atoms with Crippen molar-refractivity contribution >= 4 is 44.7 Å². The maximum absolute atomic E-state index is 13.7. The Kier molecular flexibility index (Phi) is 4.33. The molecule has 0 aliphatic rings. The van der Waals surface area contributed by atoms with Crippen LogP contribution in [0.2, 0.25) is 5.02 Å². The molecule has 0 bridgehead atoms. The Bertz CT molecular complexity index is 984. The SMILES string of the molecule is O=Cc1cn(Cc2ccccc2Br)c2cc(Cl)c(F)cc2c1=O. The normalized spacial score (nSPS) is 10.9. The standard InChI is InChI=1S/C17H10BrClFNO2/c18-13-4-2-1-3-10(13)7-21-8-11(9-22)17(23)12-5-15(20)14(19)6-16(12)21/h1-6,8-9H,7H2. The van der Waals surface area contributed by atoms with E-state index >= 15 is 0 Å². The lowest BCUT2D eigenvalue weighted by atomic mass is 10.1. The minimum absolute atomic E-state index is 0.0220. The van der Waals surface area contributed by atoms with E-state index in [1.54, 1.807) is 4.57 Å². The van der Waals surface area contributed by atoms with Gasteiger partial charge in [-0.3, -0.25) is 9.59 Å². The van der Waals surface area contributed by atoms with Crippen LogP contribution in [0.5, 0.6) is 0 Å². The highest BCUT2D eigenvalue weighted by molar-refractivity contribution is 9.10. The fourth-order valence-corrected chi connectivity index (χ4v) is 3.00. The number of benzene rings is 2. The predicted octanol–water partition coefficient (Wildman–Crippen LogP) is 4.42. The van der Waals surface area contributed by atoms with Gasteiger partial charge in [0, 0.05) is 22.6 Å². The fourth-order valence-electron chi connectivity index (χ4n) is 2.43. The number of hydrogen-bond donors (Lipinski definition) is 0.